The fourth-order valence-electron chi connectivity index (χ4n) is 1.44. The van der Waals surface area contributed by atoms with Crippen LogP contribution < -0.4 is 5.43 Å². The van der Waals surface area contributed by atoms with Gasteiger partial charge in [-0.15, -0.1) is 0 Å². The van der Waals surface area contributed by atoms with Crippen molar-refractivity contribution < 1.29 is 15.0 Å². The smallest absolute Gasteiger partial charge is 0.272 e. The summed E-state index contributed by atoms with van der Waals surface area (Å²) in [5, 5.41) is 23.0. The fourth-order valence-corrected chi connectivity index (χ4v) is 2.28. The Morgan fingerprint density at radius 1 is 1.33 bits per heavy atom. The van der Waals surface area contributed by atoms with E-state index in [4.69, 9.17) is 0 Å². The average molecular weight is 415 g/mol. The molecular formula is C13H9Br2N3O3. The normalized spacial score (nSPS) is 10.8. The highest BCUT2D eigenvalue weighted by molar-refractivity contribution is 9.11. The number of phenols is 2. The maximum Gasteiger partial charge on any atom is 0.272 e. The van der Waals surface area contributed by atoms with Gasteiger partial charge in [0.05, 0.1) is 20.7 Å². The van der Waals surface area contributed by atoms with Gasteiger partial charge < -0.3 is 10.2 Å². The zero-order valence-corrected chi connectivity index (χ0v) is 13.6. The van der Waals surface area contributed by atoms with Crippen LogP contribution >= 0.6 is 31.9 Å². The van der Waals surface area contributed by atoms with E-state index in [1.165, 1.54) is 12.4 Å². The molecule has 0 bridgehead atoms. The van der Waals surface area contributed by atoms with E-state index in [9.17, 15) is 15.0 Å². The molecule has 0 unspecified atom stereocenters. The molecule has 3 N–H and O–H groups in total. The Morgan fingerprint density at radius 2 is 2.10 bits per heavy atom. The van der Waals surface area contributed by atoms with Gasteiger partial charge in [-0.2, -0.15) is 5.10 Å². The summed E-state index contributed by atoms with van der Waals surface area (Å²) in [6.45, 7) is 0. The van der Waals surface area contributed by atoms with Crippen LogP contribution in [0.3, 0.4) is 0 Å². The van der Waals surface area contributed by atoms with Crippen LogP contribution in [0, 0.1) is 0 Å². The Kier molecular flexibility index (Phi) is 4.92. The van der Waals surface area contributed by atoms with Gasteiger partial charge in [0.1, 0.15) is 0 Å². The molecular weight excluding hydrogens is 406 g/mol. The van der Waals surface area contributed by atoms with Crippen LogP contribution in [0.1, 0.15) is 15.9 Å². The van der Waals surface area contributed by atoms with Crippen LogP contribution in [-0.2, 0) is 0 Å². The Morgan fingerprint density at radius 3 is 2.76 bits per heavy atom. The van der Waals surface area contributed by atoms with Crippen molar-refractivity contribution in [3.8, 4) is 11.5 Å². The molecule has 6 nitrogen and oxygen atoms in total. The maximum absolute atomic E-state index is 11.7. The van der Waals surface area contributed by atoms with Crippen molar-refractivity contribution in [3.63, 3.8) is 0 Å². The molecule has 1 heterocycles. The minimum absolute atomic E-state index is 0.266. The first kappa shape index (κ1) is 15.5. The molecule has 108 valence electrons. The molecule has 0 aliphatic heterocycles. The number of rotatable bonds is 3. The summed E-state index contributed by atoms with van der Waals surface area (Å²) in [6, 6.07) is 4.79. The predicted molar refractivity (Wildman–Crippen MR) is 84.5 cm³/mol. The molecule has 0 saturated carbocycles. The van der Waals surface area contributed by atoms with Crippen LogP contribution in [-0.4, -0.2) is 27.3 Å². The molecule has 8 heteroatoms. The Balaban J connectivity index is 2.14. The largest absolute Gasteiger partial charge is 0.503 e. The molecule has 21 heavy (non-hydrogen) atoms. The highest BCUT2D eigenvalue weighted by Crippen LogP contribution is 2.40. The van der Waals surface area contributed by atoms with Crippen LogP contribution in [0.15, 0.2) is 44.6 Å². The summed E-state index contributed by atoms with van der Waals surface area (Å²) in [7, 11) is 0. The number of amides is 1. The third-order valence-electron chi connectivity index (χ3n) is 2.49. The summed E-state index contributed by atoms with van der Waals surface area (Å²) in [5.74, 6) is -1.000. The van der Waals surface area contributed by atoms with E-state index < -0.39 is 5.91 Å². The van der Waals surface area contributed by atoms with Gasteiger partial charge in [0.15, 0.2) is 11.5 Å². The number of carbonyl (C=O) groups is 1. The lowest BCUT2D eigenvalue weighted by atomic mass is 10.2. The van der Waals surface area contributed by atoms with Crippen LogP contribution in [0.5, 0.6) is 11.5 Å². The predicted octanol–water partition coefficient (Wildman–Crippen LogP) is 2.78. The lowest BCUT2D eigenvalue weighted by Gasteiger charge is -2.06. The van der Waals surface area contributed by atoms with Crippen molar-refractivity contribution in [2.45, 2.75) is 0 Å². The SMILES string of the molecule is O=C(NN=Cc1cc(Br)c(O)c(O)c1Br)c1cccnc1. The second-order valence-corrected chi connectivity index (χ2v) is 5.55. The number of aromatic hydroxyl groups is 2. The van der Waals surface area contributed by atoms with E-state index in [1.54, 1.807) is 24.4 Å². The second-order valence-electron chi connectivity index (χ2n) is 3.90. The summed E-state index contributed by atoms with van der Waals surface area (Å²) in [4.78, 5) is 15.6. The molecule has 0 radical (unpaired) electrons. The Hall–Kier alpha value is -1.93. The average Bonchev–Trinajstić information content (AvgIpc) is 2.51. The van der Waals surface area contributed by atoms with Gasteiger partial charge in [0.25, 0.3) is 5.91 Å². The third kappa shape index (κ3) is 3.59. The molecule has 0 saturated heterocycles. The first-order valence-electron chi connectivity index (χ1n) is 5.64. The first-order chi connectivity index (χ1) is 10.0. The maximum atomic E-state index is 11.7. The summed E-state index contributed by atoms with van der Waals surface area (Å²) >= 11 is 6.23. The third-order valence-corrected chi connectivity index (χ3v) is 3.93. The van der Waals surface area contributed by atoms with Gasteiger partial charge >= 0.3 is 0 Å². The first-order valence-corrected chi connectivity index (χ1v) is 7.22. The molecule has 2 aromatic rings. The van der Waals surface area contributed by atoms with E-state index in [0.29, 0.717) is 15.6 Å². The van der Waals surface area contributed by atoms with Gasteiger partial charge in [0, 0.05) is 18.0 Å². The number of hydrogen-bond acceptors (Lipinski definition) is 5. The number of hydrazone groups is 1. The molecule has 0 spiro atoms. The monoisotopic (exact) mass is 413 g/mol. The highest BCUT2D eigenvalue weighted by atomic mass is 79.9. The Bertz CT molecular complexity index is 706. The van der Waals surface area contributed by atoms with Crippen molar-refractivity contribution >= 4 is 44.0 Å². The number of benzene rings is 1. The number of nitrogens with one attached hydrogen (secondary N) is 1. The number of aromatic nitrogens is 1. The second kappa shape index (κ2) is 6.68. The van der Waals surface area contributed by atoms with Crippen molar-refractivity contribution in [3.05, 3.63) is 50.7 Å². The Labute approximate surface area is 136 Å². The topological polar surface area (TPSA) is 94.8 Å². The molecule has 0 fully saturated rings. The van der Waals surface area contributed by atoms with E-state index in [1.807, 2.05) is 0 Å². The van der Waals surface area contributed by atoms with E-state index in [-0.39, 0.29) is 16.0 Å². The van der Waals surface area contributed by atoms with E-state index in [0.717, 1.165) is 0 Å². The van der Waals surface area contributed by atoms with Crippen molar-refractivity contribution in [2.24, 2.45) is 5.10 Å². The standard InChI is InChI=1S/C13H9Br2N3O3/c14-9-4-8(10(15)12(20)11(9)19)6-17-18-13(21)7-2-1-3-16-5-7/h1-6,19-20H,(H,18,21). The lowest BCUT2D eigenvalue weighted by molar-refractivity contribution is 0.0955. The van der Waals surface area contributed by atoms with Crippen molar-refractivity contribution in [1.29, 1.82) is 0 Å². The molecule has 1 amide bonds. The number of carbonyl (C=O) groups excluding carboxylic acids is 1. The quantitative estimate of drug-likeness (QED) is 0.409. The number of pyridine rings is 1. The minimum Gasteiger partial charge on any atom is -0.503 e. The number of nitrogens with zero attached hydrogens (tertiary/aromatic N) is 2. The molecule has 0 atom stereocenters. The molecule has 1 aromatic carbocycles. The molecule has 2 rings (SSSR count). The summed E-state index contributed by atoms with van der Waals surface area (Å²) in [6.07, 6.45) is 4.32. The zero-order valence-electron chi connectivity index (χ0n) is 10.4. The van der Waals surface area contributed by atoms with Gasteiger partial charge in [-0.3, -0.25) is 9.78 Å². The van der Waals surface area contributed by atoms with E-state index in [2.05, 4.69) is 47.4 Å². The number of hydrogen-bond donors (Lipinski definition) is 3. The minimum atomic E-state index is -0.405. The van der Waals surface area contributed by atoms with Gasteiger partial charge in [0.2, 0.25) is 0 Å². The van der Waals surface area contributed by atoms with Gasteiger partial charge in [-0.25, -0.2) is 5.43 Å². The van der Waals surface area contributed by atoms with Gasteiger partial charge in [-0.05, 0) is 50.1 Å². The highest BCUT2D eigenvalue weighted by Gasteiger charge is 2.12. The molecule has 0 aliphatic rings. The van der Waals surface area contributed by atoms with E-state index >= 15 is 0 Å². The molecule has 0 aliphatic carbocycles. The van der Waals surface area contributed by atoms with Crippen LogP contribution in [0.25, 0.3) is 0 Å². The van der Waals surface area contributed by atoms with Crippen LogP contribution in [0.2, 0.25) is 0 Å². The van der Waals surface area contributed by atoms with Gasteiger partial charge in [-0.1, -0.05) is 0 Å². The fraction of sp³-hybridized carbons (Fsp3) is 0. The van der Waals surface area contributed by atoms with Crippen molar-refractivity contribution in [2.75, 3.05) is 0 Å². The molecule has 1 aromatic heterocycles. The number of halogens is 2. The number of phenolic OH excluding ortho intramolecular Hbond substituents is 2. The lowest BCUT2D eigenvalue weighted by Crippen LogP contribution is -2.17. The van der Waals surface area contributed by atoms with Crippen molar-refractivity contribution in [1.82, 2.24) is 10.4 Å². The zero-order chi connectivity index (χ0) is 15.4. The summed E-state index contributed by atoms with van der Waals surface area (Å²) < 4.78 is 0.575. The summed E-state index contributed by atoms with van der Waals surface area (Å²) in [5.41, 5.74) is 3.19. The van der Waals surface area contributed by atoms with Crippen LogP contribution in [0.4, 0.5) is 0 Å².